The number of aliphatic hydroxyl groups is 1. The number of hydrogen-bond donors (Lipinski definition) is 1. The van der Waals surface area contributed by atoms with Crippen molar-refractivity contribution in [2.24, 2.45) is 0 Å². The Morgan fingerprint density at radius 2 is 1.38 bits per heavy atom. The summed E-state index contributed by atoms with van der Waals surface area (Å²) < 4.78 is 0. The Hall–Kier alpha value is 2.17. The van der Waals surface area contributed by atoms with Crippen molar-refractivity contribution in [1.29, 1.82) is 0 Å². The summed E-state index contributed by atoms with van der Waals surface area (Å²) in [5.41, 5.74) is 0. The molecule has 0 aromatic rings. The van der Waals surface area contributed by atoms with E-state index in [9.17, 15) is 0 Å². The zero-order chi connectivity index (χ0) is 4.99. The third kappa shape index (κ3) is 11.0. The van der Waals surface area contributed by atoms with Crippen molar-refractivity contribution < 1.29 is 70.5 Å². The SMILES string of the molecule is [CH2-]CC(O)C[CH2-].[Y].[Y]. The van der Waals surface area contributed by atoms with Crippen LogP contribution in [0.15, 0.2) is 0 Å². The smallest absolute Gasteiger partial charge is 0 e. The minimum atomic E-state index is -0.287. The van der Waals surface area contributed by atoms with Crippen LogP contribution in [0.5, 0.6) is 0 Å². The van der Waals surface area contributed by atoms with Crippen molar-refractivity contribution in [2.75, 3.05) is 0 Å². The molecule has 8 heavy (non-hydrogen) atoms. The second-order valence-electron chi connectivity index (χ2n) is 1.23. The van der Waals surface area contributed by atoms with E-state index in [2.05, 4.69) is 13.8 Å². The van der Waals surface area contributed by atoms with E-state index in [1.54, 1.807) is 0 Å². The van der Waals surface area contributed by atoms with Crippen LogP contribution in [0, 0.1) is 13.8 Å². The molecule has 0 aliphatic rings. The van der Waals surface area contributed by atoms with Crippen LogP contribution < -0.4 is 0 Å². The van der Waals surface area contributed by atoms with Crippen LogP contribution in [0.2, 0.25) is 0 Å². The van der Waals surface area contributed by atoms with Gasteiger partial charge in [0.2, 0.25) is 0 Å². The predicted octanol–water partition coefficient (Wildman–Crippen LogP) is 0.791. The molecular formula is C5H10OY2-2. The van der Waals surface area contributed by atoms with E-state index in [1.807, 2.05) is 0 Å². The Bertz CT molecular complexity index is 29.6. The second kappa shape index (κ2) is 11.9. The molecule has 1 nitrogen and oxygen atoms in total. The zero-order valence-electron chi connectivity index (χ0n) is 5.01. The Morgan fingerprint density at radius 3 is 1.38 bits per heavy atom. The first-order valence-electron chi connectivity index (χ1n) is 2.07. The van der Waals surface area contributed by atoms with Gasteiger partial charge in [-0.2, -0.15) is 12.8 Å². The third-order valence-corrected chi connectivity index (χ3v) is 0.666. The molecule has 0 fully saturated rings. The largest absolute Gasteiger partial charge is 0.398 e. The van der Waals surface area contributed by atoms with E-state index >= 15 is 0 Å². The fourth-order valence-corrected chi connectivity index (χ4v) is 0.144. The topological polar surface area (TPSA) is 20.2 Å². The summed E-state index contributed by atoms with van der Waals surface area (Å²) in [6, 6.07) is 0. The standard InChI is InChI=1S/C5H10O.2Y/c1-3-5(6)4-2;;/h5-6H,1-4H2;;/q-2;;. The first-order chi connectivity index (χ1) is 2.81. The molecule has 0 spiro atoms. The van der Waals surface area contributed by atoms with Crippen molar-refractivity contribution >= 4 is 0 Å². The fourth-order valence-electron chi connectivity index (χ4n) is 0.144. The molecule has 0 aromatic carbocycles. The number of aliphatic hydroxyl groups excluding tert-OH is 1. The molecule has 0 unspecified atom stereocenters. The van der Waals surface area contributed by atoms with Crippen LogP contribution in [-0.2, 0) is 65.4 Å². The molecule has 0 aliphatic carbocycles. The van der Waals surface area contributed by atoms with Gasteiger partial charge in [-0.15, -0.1) is 0 Å². The van der Waals surface area contributed by atoms with Gasteiger partial charge in [0.05, 0.1) is 0 Å². The minimum absolute atomic E-state index is 0. The van der Waals surface area contributed by atoms with Gasteiger partial charge < -0.3 is 19.0 Å². The Kier molecular flexibility index (Phi) is 24.8. The van der Waals surface area contributed by atoms with E-state index in [0.29, 0.717) is 12.8 Å². The first kappa shape index (κ1) is 16.6. The van der Waals surface area contributed by atoms with Gasteiger partial charge in [-0.1, -0.05) is 0 Å². The molecule has 0 bridgehead atoms. The summed E-state index contributed by atoms with van der Waals surface area (Å²) in [5.74, 6) is 0. The maximum Gasteiger partial charge on any atom is 0 e. The zero-order valence-corrected chi connectivity index (χ0v) is 10.7. The van der Waals surface area contributed by atoms with Crippen molar-refractivity contribution in [3.8, 4) is 0 Å². The van der Waals surface area contributed by atoms with Gasteiger partial charge >= 0.3 is 0 Å². The van der Waals surface area contributed by atoms with E-state index in [4.69, 9.17) is 5.11 Å². The third-order valence-electron chi connectivity index (χ3n) is 0.666. The number of rotatable bonds is 2. The summed E-state index contributed by atoms with van der Waals surface area (Å²) in [7, 11) is 0. The van der Waals surface area contributed by atoms with Gasteiger partial charge in [-0.05, 0) is 6.10 Å². The van der Waals surface area contributed by atoms with Gasteiger partial charge in [0.15, 0.2) is 0 Å². The molecule has 0 saturated heterocycles. The van der Waals surface area contributed by atoms with Crippen molar-refractivity contribution in [2.45, 2.75) is 18.9 Å². The fraction of sp³-hybridized carbons (Fsp3) is 0.600. The van der Waals surface area contributed by atoms with Crippen LogP contribution in [0.4, 0.5) is 0 Å². The van der Waals surface area contributed by atoms with Crippen molar-refractivity contribution in [3.05, 3.63) is 13.8 Å². The van der Waals surface area contributed by atoms with Gasteiger partial charge in [0.25, 0.3) is 0 Å². The molecule has 1 N–H and O–H groups in total. The molecule has 0 heterocycles. The monoisotopic (exact) mass is 264 g/mol. The van der Waals surface area contributed by atoms with E-state index in [0.717, 1.165) is 0 Å². The molecule has 0 aliphatic heterocycles. The predicted molar refractivity (Wildman–Crippen MR) is 26.0 cm³/mol. The Labute approximate surface area is 102 Å². The summed E-state index contributed by atoms with van der Waals surface area (Å²) in [5, 5.41) is 8.54. The van der Waals surface area contributed by atoms with Crippen LogP contribution in [-0.4, -0.2) is 11.2 Å². The van der Waals surface area contributed by atoms with Gasteiger partial charge in [0.1, 0.15) is 0 Å². The van der Waals surface area contributed by atoms with Crippen LogP contribution in [0.25, 0.3) is 0 Å². The van der Waals surface area contributed by atoms with Crippen LogP contribution in [0.3, 0.4) is 0 Å². The van der Waals surface area contributed by atoms with Gasteiger partial charge in [0, 0.05) is 65.4 Å². The average molecular weight is 264 g/mol. The molecule has 0 amide bonds. The second-order valence-corrected chi connectivity index (χ2v) is 1.23. The molecule has 0 rings (SSSR count). The summed E-state index contributed by atoms with van der Waals surface area (Å²) in [4.78, 5) is 0. The number of hydrogen-bond acceptors (Lipinski definition) is 1. The van der Waals surface area contributed by atoms with Crippen molar-refractivity contribution in [1.82, 2.24) is 0 Å². The van der Waals surface area contributed by atoms with Gasteiger partial charge in [-0.25, -0.2) is 0 Å². The summed E-state index contributed by atoms with van der Waals surface area (Å²) in [6.07, 6.45) is 0.859. The van der Waals surface area contributed by atoms with E-state index in [1.165, 1.54) is 0 Å². The molecule has 0 saturated carbocycles. The molecular weight excluding hydrogens is 254 g/mol. The quantitative estimate of drug-likeness (QED) is 0.731. The maximum atomic E-state index is 8.54. The first-order valence-corrected chi connectivity index (χ1v) is 2.07. The summed E-state index contributed by atoms with van der Waals surface area (Å²) >= 11 is 0. The van der Waals surface area contributed by atoms with Crippen LogP contribution in [0.1, 0.15) is 12.8 Å². The molecule has 3 heteroatoms. The normalized spacial score (nSPS) is 7.50. The molecule has 44 valence electrons. The Balaban J connectivity index is -0.000000125. The van der Waals surface area contributed by atoms with Crippen LogP contribution >= 0.6 is 0 Å². The maximum absolute atomic E-state index is 8.54. The van der Waals surface area contributed by atoms with E-state index in [-0.39, 0.29) is 71.5 Å². The molecule has 0 aromatic heterocycles. The molecule has 0 atom stereocenters. The molecule has 2 radical (unpaired) electrons. The van der Waals surface area contributed by atoms with Crippen molar-refractivity contribution in [3.63, 3.8) is 0 Å². The van der Waals surface area contributed by atoms with Gasteiger partial charge in [-0.3, -0.25) is 0 Å². The minimum Gasteiger partial charge on any atom is -0.398 e. The summed E-state index contributed by atoms with van der Waals surface area (Å²) in [6.45, 7) is 6.93. The van der Waals surface area contributed by atoms with E-state index < -0.39 is 0 Å². The average Bonchev–Trinajstić information content (AvgIpc) is 1.65. The Morgan fingerprint density at radius 1 is 1.12 bits per heavy atom.